The molecule has 1 fully saturated rings. The number of hydrogen-bond acceptors (Lipinski definition) is 3. The number of hydrogen-bond donors (Lipinski definition) is 0. The largest absolute Gasteiger partial charge is 0.341 e. The van der Waals surface area contributed by atoms with E-state index in [0.717, 1.165) is 11.1 Å². The summed E-state index contributed by atoms with van der Waals surface area (Å²) in [5.41, 5.74) is 0.822. The van der Waals surface area contributed by atoms with Crippen LogP contribution in [0.1, 0.15) is 30.9 Å². The van der Waals surface area contributed by atoms with Gasteiger partial charge in [0.1, 0.15) is 5.82 Å². The highest BCUT2D eigenvalue weighted by Crippen LogP contribution is 2.38. The van der Waals surface area contributed by atoms with Crippen molar-refractivity contribution in [3.8, 4) is 0 Å². The quantitative estimate of drug-likeness (QED) is 0.724. The van der Waals surface area contributed by atoms with Gasteiger partial charge in [0, 0.05) is 26.7 Å². The van der Waals surface area contributed by atoms with Gasteiger partial charge in [-0.05, 0) is 43.0 Å². The molecule has 1 aliphatic rings. The van der Waals surface area contributed by atoms with Crippen LogP contribution < -0.4 is 0 Å². The molecule has 0 aromatic heterocycles. The van der Waals surface area contributed by atoms with Gasteiger partial charge >= 0.3 is 0 Å². The molecule has 2 aromatic rings. The Morgan fingerprint density at radius 3 is 2.34 bits per heavy atom. The first-order valence-corrected chi connectivity index (χ1v) is 11.4. The number of amides is 1. The predicted molar refractivity (Wildman–Crippen MR) is 111 cm³/mol. The van der Waals surface area contributed by atoms with Crippen molar-refractivity contribution in [2.75, 3.05) is 25.9 Å². The van der Waals surface area contributed by atoms with Crippen molar-refractivity contribution in [3.05, 3.63) is 71.5 Å². The Morgan fingerprint density at radius 1 is 1.10 bits per heavy atom. The van der Waals surface area contributed by atoms with Crippen LogP contribution in [-0.2, 0) is 26.8 Å². The zero-order valence-electron chi connectivity index (χ0n) is 16.8. The third-order valence-corrected chi connectivity index (χ3v) is 7.61. The Labute approximate surface area is 172 Å². The van der Waals surface area contributed by atoms with Crippen molar-refractivity contribution in [2.24, 2.45) is 0 Å². The first-order chi connectivity index (χ1) is 13.8. The molecule has 7 heteroatoms. The van der Waals surface area contributed by atoms with Crippen LogP contribution in [0.25, 0.3) is 0 Å². The molecular weight excluding hydrogens is 391 g/mol. The van der Waals surface area contributed by atoms with Gasteiger partial charge in [-0.1, -0.05) is 42.5 Å². The number of halogens is 1. The second-order valence-corrected chi connectivity index (χ2v) is 9.80. The van der Waals surface area contributed by atoms with Gasteiger partial charge in [0.05, 0.1) is 11.2 Å². The summed E-state index contributed by atoms with van der Waals surface area (Å²) >= 11 is 0. The number of carbonyl (C=O) groups excluding carboxylic acids is 1. The Balaban J connectivity index is 1.87. The summed E-state index contributed by atoms with van der Waals surface area (Å²) in [6, 6.07) is 15.8. The van der Waals surface area contributed by atoms with Crippen molar-refractivity contribution in [1.29, 1.82) is 0 Å². The molecule has 0 bridgehead atoms. The highest BCUT2D eigenvalue weighted by Gasteiger charge is 2.45. The number of sulfonamides is 1. The summed E-state index contributed by atoms with van der Waals surface area (Å²) in [5.74, 6) is -0.348. The van der Waals surface area contributed by atoms with Crippen LogP contribution in [0.15, 0.2) is 54.6 Å². The van der Waals surface area contributed by atoms with Gasteiger partial charge in [-0.25, -0.2) is 17.1 Å². The standard InChI is InChI=1S/C22H27FN2O3S/c1-3-29(27,28)25-14-12-22(13-15-25,19-9-5-4-6-10-19)21(26)24(2)17-18-8-7-11-20(23)16-18/h4-11,16H,3,12-15,17H2,1-2H3. The minimum atomic E-state index is -3.29. The van der Waals surface area contributed by atoms with Gasteiger partial charge in [0.2, 0.25) is 15.9 Å². The van der Waals surface area contributed by atoms with E-state index in [1.807, 2.05) is 30.3 Å². The second-order valence-electron chi connectivity index (χ2n) is 7.54. The van der Waals surface area contributed by atoms with Gasteiger partial charge < -0.3 is 4.90 Å². The monoisotopic (exact) mass is 418 g/mol. The van der Waals surface area contributed by atoms with Crippen LogP contribution in [0.4, 0.5) is 4.39 Å². The van der Waals surface area contributed by atoms with Crippen molar-refractivity contribution in [2.45, 2.75) is 31.7 Å². The van der Waals surface area contributed by atoms with E-state index in [1.54, 1.807) is 31.0 Å². The summed E-state index contributed by atoms with van der Waals surface area (Å²) in [6.45, 7) is 2.55. The van der Waals surface area contributed by atoms with Gasteiger partial charge in [-0.2, -0.15) is 0 Å². The third kappa shape index (κ3) is 4.51. The molecule has 0 radical (unpaired) electrons. The van der Waals surface area contributed by atoms with Crippen molar-refractivity contribution in [3.63, 3.8) is 0 Å². The average Bonchev–Trinajstić information content (AvgIpc) is 2.74. The van der Waals surface area contributed by atoms with Gasteiger partial charge in [-0.15, -0.1) is 0 Å². The van der Waals surface area contributed by atoms with Gasteiger partial charge in [-0.3, -0.25) is 4.79 Å². The Hall–Kier alpha value is -2.25. The molecule has 0 N–H and O–H groups in total. The molecule has 156 valence electrons. The summed E-state index contributed by atoms with van der Waals surface area (Å²) < 4.78 is 39.6. The first-order valence-electron chi connectivity index (χ1n) is 9.82. The maximum Gasteiger partial charge on any atom is 0.233 e. The van der Waals surface area contributed by atoms with Gasteiger partial charge in [0.25, 0.3) is 0 Å². The molecule has 0 aliphatic carbocycles. The van der Waals surface area contributed by atoms with Crippen LogP contribution in [0, 0.1) is 5.82 Å². The molecular formula is C22H27FN2O3S. The smallest absolute Gasteiger partial charge is 0.233 e. The SMILES string of the molecule is CCS(=O)(=O)N1CCC(C(=O)N(C)Cc2cccc(F)c2)(c2ccccc2)CC1. The number of likely N-dealkylation sites (N-methyl/N-ethyl adjacent to an activating group) is 1. The fraction of sp³-hybridized carbons (Fsp3) is 0.409. The van der Waals surface area contributed by atoms with Crippen molar-refractivity contribution >= 4 is 15.9 Å². The third-order valence-electron chi connectivity index (χ3n) is 5.73. The van der Waals surface area contributed by atoms with E-state index in [2.05, 4.69) is 0 Å². The van der Waals surface area contributed by atoms with Crippen LogP contribution >= 0.6 is 0 Å². The highest BCUT2D eigenvalue weighted by atomic mass is 32.2. The van der Waals surface area contributed by atoms with E-state index in [4.69, 9.17) is 0 Å². The van der Waals surface area contributed by atoms with Crippen LogP contribution in [0.3, 0.4) is 0 Å². The number of nitrogens with zero attached hydrogens (tertiary/aromatic N) is 2. The topological polar surface area (TPSA) is 57.7 Å². The van der Waals surface area contributed by atoms with E-state index in [0.29, 0.717) is 32.5 Å². The maximum absolute atomic E-state index is 13.6. The molecule has 1 saturated heterocycles. The molecule has 5 nitrogen and oxygen atoms in total. The van der Waals surface area contributed by atoms with E-state index in [9.17, 15) is 17.6 Å². The van der Waals surface area contributed by atoms with Crippen molar-refractivity contribution in [1.82, 2.24) is 9.21 Å². The van der Waals surface area contributed by atoms with Gasteiger partial charge in [0.15, 0.2) is 0 Å². The molecule has 3 rings (SSSR count). The first kappa shape index (κ1) is 21.5. The number of carbonyl (C=O) groups is 1. The average molecular weight is 419 g/mol. The lowest BCUT2D eigenvalue weighted by Crippen LogP contribution is -2.53. The normalized spacial score (nSPS) is 17.1. The summed E-state index contributed by atoms with van der Waals surface area (Å²) in [7, 11) is -1.57. The molecule has 0 unspecified atom stereocenters. The number of rotatable bonds is 6. The molecule has 2 aromatic carbocycles. The second kappa shape index (κ2) is 8.63. The predicted octanol–water partition coefficient (Wildman–Crippen LogP) is 3.17. The summed E-state index contributed by atoms with van der Waals surface area (Å²) in [4.78, 5) is 15.2. The van der Waals surface area contributed by atoms with E-state index in [1.165, 1.54) is 16.4 Å². The summed E-state index contributed by atoms with van der Waals surface area (Å²) in [6.07, 6.45) is 0.838. The number of benzene rings is 2. The van der Waals surface area contributed by atoms with E-state index >= 15 is 0 Å². The zero-order valence-corrected chi connectivity index (χ0v) is 17.7. The Kier molecular flexibility index (Phi) is 6.39. The lowest BCUT2D eigenvalue weighted by Gasteiger charge is -2.42. The van der Waals surface area contributed by atoms with Crippen LogP contribution in [0.2, 0.25) is 0 Å². The minimum Gasteiger partial charge on any atom is -0.341 e. The molecule has 0 spiro atoms. The fourth-order valence-electron chi connectivity index (χ4n) is 4.06. The van der Waals surface area contributed by atoms with Crippen LogP contribution in [0.5, 0.6) is 0 Å². The van der Waals surface area contributed by atoms with Crippen LogP contribution in [-0.4, -0.2) is 49.4 Å². The van der Waals surface area contributed by atoms with Crippen molar-refractivity contribution < 1.29 is 17.6 Å². The van der Waals surface area contributed by atoms with E-state index < -0.39 is 15.4 Å². The fourth-order valence-corrected chi connectivity index (χ4v) is 5.16. The zero-order chi connectivity index (χ0) is 21.1. The Morgan fingerprint density at radius 2 is 1.76 bits per heavy atom. The Bertz CT molecular complexity index is 955. The minimum absolute atomic E-state index is 0.0543. The van der Waals surface area contributed by atoms with E-state index in [-0.39, 0.29) is 17.5 Å². The molecule has 0 atom stereocenters. The number of piperidine rings is 1. The summed E-state index contributed by atoms with van der Waals surface area (Å²) in [5, 5.41) is 0. The lowest BCUT2D eigenvalue weighted by molar-refractivity contribution is -0.138. The molecule has 0 saturated carbocycles. The molecule has 1 heterocycles. The maximum atomic E-state index is 13.6. The molecule has 29 heavy (non-hydrogen) atoms. The lowest BCUT2D eigenvalue weighted by atomic mass is 9.72. The molecule has 1 amide bonds. The highest BCUT2D eigenvalue weighted by molar-refractivity contribution is 7.89. The molecule has 1 aliphatic heterocycles.